The zero-order valence-electron chi connectivity index (χ0n) is 8.55. The average molecular weight is 158 g/mol. The normalized spacial score (nSPS) is 36.3. The first kappa shape index (κ1) is 11.0. The Balaban J connectivity index is 0.000000461. The van der Waals surface area contributed by atoms with Crippen LogP contribution in [0.5, 0.6) is 0 Å². The summed E-state index contributed by atoms with van der Waals surface area (Å²) < 4.78 is 5.62. The Bertz CT molecular complexity index is 80.9. The van der Waals surface area contributed by atoms with Gasteiger partial charge in [-0.15, -0.1) is 0 Å². The third-order valence-electron chi connectivity index (χ3n) is 2.30. The van der Waals surface area contributed by atoms with Crippen molar-refractivity contribution < 1.29 is 4.74 Å². The van der Waals surface area contributed by atoms with Crippen LogP contribution in [0.25, 0.3) is 0 Å². The van der Waals surface area contributed by atoms with E-state index in [4.69, 9.17) is 4.74 Å². The summed E-state index contributed by atoms with van der Waals surface area (Å²) in [5, 5.41) is 0. The van der Waals surface area contributed by atoms with Gasteiger partial charge in [0.2, 0.25) is 0 Å². The Morgan fingerprint density at radius 3 is 2.00 bits per heavy atom. The fraction of sp³-hybridized carbons (Fsp3) is 1.00. The standard InChI is InChI=1S/C8H16O.C2H6/c1-4-8-5-6(2)7(3)9-8;1-2/h6-8H,4-5H2,1-3H3;1-2H3. The van der Waals surface area contributed by atoms with Crippen LogP contribution < -0.4 is 0 Å². The van der Waals surface area contributed by atoms with Gasteiger partial charge < -0.3 is 4.74 Å². The third kappa shape index (κ3) is 3.24. The lowest BCUT2D eigenvalue weighted by Gasteiger charge is -2.07. The Hall–Kier alpha value is -0.0400. The lowest BCUT2D eigenvalue weighted by molar-refractivity contribution is 0.0460. The molecule has 0 aromatic carbocycles. The van der Waals surface area contributed by atoms with Gasteiger partial charge in [0.25, 0.3) is 0 Å². The summed E-state index contributed by atoms with van der Waals surface area (Å²) in [6.45, 7) is 10.6. The first-order valence-electron chi connectivity index (χ1n) is 4.89. The van der Waals surface area contributed by atoms with Crippen LogP contribution in [0, 0.1) is 5.92 Å². The summed E-state index contributed by atoms with van der Waals surface area (Å²) >= 11 is 0. The molecule has 3 unspecified atom stereocenters. The number of hydrogen-bond donors (Lipinski definition) is 0. The second kappa shape index (κ2) is 5.59. The quantitative estimate of drug-likeness (QED) is 0.569. The molecule has 1 nitrogen and oxygen atoms in total. The molecular formula is C10H22O. The van der Waals surface area contributed by atoms with Crippen LogP contribution in [-0.4, -0.2) is 12.2 Å². The number of ether oxygens (including phenoxy) is 1. The molecule has 0 saturated carbocycles. The van der Waals surface area contributed by atoms with E-state index in [1.807, 2.05) is 13.8 Å². The predicted molar refractivity (Wildman–Crippen MR) is 49.8 cm³/mol. The largest absolute Gasteiger partial charge is 0.375 e. The maximum Gasteiger partial charge on any atom is 0.0579 e. The van der Waals surface area contributed by atoms with E-state index in [0.29, 0.717) is 12.2 Å². The van der Waals surface area contributed by atoms with E-state index in [1.54, 1.807) is 0 Å². The molecule has 0 aromatic heterocycles. The molecule has 1 rings (SSSR count). The lowest BCUT2D eigenvalue weighted by Crippen LogP contribution is -2.08. The molecule has 0 radical (unpaired) electrons. The van der Waals surface area contributed by atoms with Crippen LogP contribution in [0.3, 0.4) is 0 Å². The van der Waals surface area contributed by atoms with Gasteiger partial charge in [0, 0.05) is 0 Å². The van der Waals surface area contributed by atoms with Crippen LogP contribution in [0.15, 0.2) is 0 Å². The molecule has 0 aliphatic carbocycles. The van der Waals surface area contributed by atoms with Gasteiger partial charge in [-0.3, -0.25) is 0 Å². The minimum absolute atomic E-state index is 0.495. The number of rotatable bonds is 1. The molecule has 0 aromatic rings. The van der Waals surface area contributed by atoms with Crippen molar-refractivity contribution in [2.45, 2.75) is 59.7 Å². The van der Waals surface area contributed by atoms with Crippen molar-refractivity contribution in [3.63, 3.8) is 0 Å². The average Bonchev–Trinajstić information content (AvgIpc) is 2.36. The highest BCUT2D eigenvalue weighted by atomic mass is 16.5. The van der Waals surface area contributed by atoms with E-state index in [2.05, 4.69) is 20.8 Å². The van der Waals surface area contributed by atoms with Crippen LogP contribution in [0.4, 0.5) is 0 Å². The van der Waals surface area contributed by atoms with Gasteiger partial charge in [0.05, 0.1) is 12.2 Å². The molecule has 1 heterocycles. The number of hydrogen-bond acceptors (Lipinski definition) is 1. The van der Waals surface area contributed by atoms with Crippen molar-refractivity contribution in [3.8, 4) is 0 Å². The topological polar surface area (TPSA) is 9.23 Å². The minimum Gasteiger partial charge on any atom is -0.375 e. The summed E-state index contributed by atoms with van der Waals surface area (Å²) in [6, 6.07) is 0. The molecule has 1 fully saturated rings. The van der Waals surface area contributed by atoms with Gasteiger partial charge in [-0.2, -0.15) is 0 Å². The monoisotopic (exact) mass is 158 g/mol. The van der Waals surface area contributed by atoms with Gasteiger partial charge in [0.15, 0.2) is 0 Å². The molecule has 0 amide bonds. The van der Waals surface area contributed by atoms with Crippen LogP contribution in [0.1, 0.15) is 47.5 Å². The van der Waals surface area contributed by atoms with Gasteiger partial charge in [-0.25, -0.2) is 0 Å². The molecule has 0 spiro atoms. The molecule has 1 heteroatoms. The van der Waals surface area contributed by atoms with E-state index in [-0.39, 0.29) is 0 Å². The first-order valence-corrected chi connectivity index (χ1v) is 4.89. The highest BCUT2D eigenvalue weighted by Crippen LogP contribution is 2.26. The van der Waals surface area contributed by atoms with E-state index in [0.717, 1.165) is 5.92 Å². The highest BCUT2D eigenvalue weighted by molar-refractivity contribution is 4.75. The molecule has 1 saturated heterocycles. The Morgan fingerprint density at radius 2 is 1.82 bits per heavy atom. The van der Waals surface area contributed by atoms with Crippen molar-refractivity contribution in [2.24, 2.45) is 5.92 Å². The SMILES string of the molecule is CC.CCC1CC(C)C(C)O1. The Kier molecular flexibility index (Phi) is 5.57. The molecule has 1 aliphatic rings. The molecular weight excluding hydrogens is 136 g/mol. The molecule has 0 bridgehead atoms. The van der Waals surface area contributed by atoms with Crippen LogP contribution in [0.2, 0.25) is 0 Å². The first-order chi connectivity index (χ1) is 5.24. The molecule has 0 N–H and O–H groups in total. The zero-order valence-corrected chi connectivity index (χ0v) is 8.55. The van der Waals surface area contributed by atoms with Crippen molar-refractivity contribution in [1.82, 2.24) is 0 Å². The Morgan fingerprint density at radius 1 is 1.27 bits per heavy atom. The van der Waals surface area contributed by atoms with Crippen molar-refractivity contribution in [1.29, 1.82) is 0 Å². The smallest absolute Gasteiger partial charge is 0.0579 e. The van der Waals surface area contributed by atoms with Gasteiger partial charge in [0.1, 0.15) is 0 Å². The molecule has 11 heavy (non-hydrogen) atoms. The summed E-state index contributed by atoms with van der Waals surface area (Å²) in [5.41, 5.74) is 0. The summed E-state index contributed by atoms with van der Waals surface area (Å²) in [6.07, 6.45) is 3.48. The minimum atomic E-state index is 0.495. The fourth-order valence-electron chi connectivity index (χ4n) is 1.36. The lowest BCUT2D eigenvalue weighted by atomic mass is 10.0. The van der Waals surface area contributed by atoms with Gasteiger partial charge >= 0.3 is 0 Å². The maximum absolute atomic E-state index is 5.62. The van der Waals surface area contributed by atoms with Gasteiger partial charge in [-0.1, -0.05) is 27.7 Å². The second-order valence-corrected chi connectivity index (χ2v) is 3.08. The van der Waals surface area contributed by atoms with E-state index in [1.165, 1.54) is 12.8 Å². The highest BCUT2D eigenvalue weighted by Gasteiger charge is 2.26. The van der Waals surface area contributed by atoms with E-state index < -0.39 is 0 Å². The maximum atomic E-state index is 5.62. The van der Waals surface area contributed by atoms with Crippen molar-refractivity contribution in [3.05, 3.63) is 0 Å². The Labute approximate surface area is 71.1 Å². The summed E-state index contributed by atoms with van der Waals surface area (Å²) in [4.78, 5) is 0. The molecule has 68 valence electrons. The second-order valence-electron chi connectivity index (χ2n) is 3.08. The summed E-state index contributed by atoms with van der Waals surface area (Å²) in [7, 11) is 0. The van der Waals surface area contributed by atoms with E-state index in [9.17, 15) is 0 Å². The van der Waals surface area contributed by atoms with Crippen molar-refractivity contribution in [2.75, 3.05) is 0 Å². The van der Waals surface area contributed by atoms with Crippen molar-refractivity contribution >= 4 is 0 Å². The molecule has 3 atom stereocenters. The van der Waals surface area contributed by atoms with Crippen LogP contribution in [-0.2, 0) is 4.74 Å². The van der Waals surface area contributed by atoms with Crippen LogP contribution >= 0.6 is 0 Å². The fourth-order valence-corrected chi connectivity index (χ4v) is 1.36. The zero-order chi connectivity index (χ0) is 8.85. The van der Waals surface area contributed by atoms with E-state index >= 15 is 0 Å². The molecule has 1 aliphatic heterocycles. The third-order valence-corrected chi connectivity index (χ3v) is 2.30. The predicted octanol–water partition coefficient (Wildman–Crippen LogP) is 3.24. The summed E-state index contributed by atoms with van der Waals surface area (Å²) in [5.74, 6) is 0.773. The van der Waals surface area contributed by atoms with Gasteiger partial charge in [-0.05, 0) is 25.7 Å².